The van der Waals surface area contributed by atoms with E-state index in [4.69, 9.17) is 0 Å². The topological polar surface area (TPSA) is 36.8 Å². The Morgan fingerprint density at radius 3 is 2.62 bits per heavy atom. The smallest absolute Gasteiger partial charge is 0.0406 e. The van der Waals surface area contributed by atoms with Crippen LogP contribution in [-0.2, 0) is 0 Å². The highest BCUT2D eigenvalue weighted by Gasteiger charge is 2.49. The summed E-state index contributed by atoms with van der Waals surface area (Å²) >= 11 is 0. The molecule has 0 bridgehead atoms. The lowest BCUT2D eigenvalue weighted by Crippen LogP contribution is -2.61. The van der Waals surface area contributed by atoms with E-state index in [9.17, 15) is 0 Å². The number of hydrogen-bond donors (Lipinski definition) is 1. The first-order chi connectivity index (χ1) is 6.26. The first-order valence-electron chi connectivity index (χ1n) is 4.99. The summed E-state index contributed by atoms with van der Waals surface area (Å²) in [6.45, 7) is 6.42. The Morgan fingerprint density at radius 2 is 2.15 bits per heavy atom. The van der Waals surface area contributed by atoms with Gasteiger partial charge in [-0.05, 0) is 32.1 Å². The Hall–Kier alpha value is -0.700. The minimum absolute atomic E-state index is 0.650. The molecule has 2 aliphatic rings. The van der Waals surface area contributed by atoms with Crippen LogP contribution in [0.5, 0.6) is 0 Å². The van der Waals surface area contributed by atoms with Crippen LogP contribution >= 0.6 is 0 Å². The van der Waals surface area contributed by atoms with Crippen LogP contribution in [0.2, 0.25) is 0 Å². The van der Waals surface area contributed by atoms with Gasteiger partial charge in [0, 0.05) is 30.9 Å². The first-order valence-corrected chi connectivity index (χ1v) is 4.99. The Morgan fingerprint density at radius 1 is 1.46 bits per heavy atom. The van der Waals surface area contributed by atoms with Gasteiger partial charge in [0.25, 0.3) is 0 Å². The molecular weight excluding hydrogens is 162 g/mol. The fourth-order valence-electron chi connectivity index (χ4n) is 2.28. The number of hydrogen-bond acceptors (Lipinski definition) is 3. The first kappa shape index (κ1) is 8.88. The van der Waals surface area contributed by atoms with Crippen molar-refractivity contribution >= 4 is 11.9 Å². The molecule has 1 saturated heterocycles. The van der Waals surface area contributed by atoms with Crippen molar-refractivity contribution in [1.29, 1.82) is 0 Å². The predicted molar refractivity (Wildman–Crippen MR) is 55.3 cm³/mol. The Balaban J connectivity index is 1.85. The molecule has 0 unspecified atom stereocenters. The van der Waals surface area contributed by atoms with Crippen molar-refractivity contribution in [3.63, 3.8) is 0 Å². The minimum atomic E-state index is 0.650. The maximum absolute atomic E-state index is 4.15. The highest BCUT2D eigenvalue weighted by Crippen LogP contribution is 2.48. The van der Waals surface area contributed by atoms with Gasteiger partial charge in [0.05, 0.1) is 0 Å². The van der Waals surface area contributed by atoms with Crippen molar-refractivity contribution in [2.45, 2.75) is 26.7 Å². The number of nitrogens with zero attached hydrogens (tertiary/aromatic N) is 2. The van der Waals surface area contributed by atoms with Crippen LogP contribution in [0.25, 0.3) is 0 Å². The van der Waals surface area contributed by atoms with E-state index in [1.165, 1.54) is 31.6 Å². The monoisotopic (exact) mass is 179 g/mol. The van der Waals surface area contributed by atoms with E-state index in [1.807, 2.05) is 6.92 Å². The average Bonchev–Trinajstić information content (AvgIpc) is 1.95. The zero-order valence-corrected chi connectivity index (χ0v) is 8.38. The van der Waals surface area contributed by atoms with E-state index in [2.05, 4.69) is 22.4 Å². The molecule has 13 heavy (non-hydrogen) atoms. The second kappa shape index (κ2) is 3.22. The fourth-order valence-corrected chi connectivity index (χ4v) is 2.28. The van der Waals surface area contributed by atoms with E-state index in [1.54, 1.807) is 6.21 Å². The zero-order valence-electron chi connectivity index (χ0n) is 8.38. The van der Waals surface area contributed by atoms with Gasteiger partial charge in [-0.25, -0.2) is 0 Å². The molecule has 1 N–H and O–H groups in total. The molecule has 1 aliphatic carbocycles. The molecule has 0 aromatic heterocycles. The highest BCUT2D eigenvalue weighted by atomic mass is 15.2. The van der Waals surface area contributed by atoms with Gasteiger partial charge in [-0.1, -0.05) is 0 Å². The molecular formula is C10H17N3. The molecule has 2 fully saturated rings. The van der Waals surface area contributed by atoms with Crippen molar-refractivity contribution in [2.24, 2.45) is 21.5 Å². The van der Waals surface area contributed by atoms with Gasteiger partial charge in [-0.15, -0.1) is 0 Å². The van der Waals surface area contributed by atoms with Crippen molar-refractivity contribution in [3.8, 4) is 0 Å². The largest absolute Gasteiger partial charge is 0.316 e. The normalized spacial score (nSPS) is 27.7. The summed E-state index contributed by atoms with van der Waals surface area (Å²) in [5, 5.41) is 11.4. The number of nitrogens with one attached hydrogen (secondary N) is 1. The SMILES string of the molecule is C/C=N\N=C(/C)C1CC2(CNC2)C1. The lowest BCUT2D eigenvalue weighted by Gasteiger charge is -2.54. The average molecular weight is 179 g/mol. The molecule has 1 heterocycles. The van der Waals surface area contributed by atoms with Crippen molar-refractivity contribution in [2.75, 3.05) is 13.1 Å². The molecule has 0 aromatic rings. The van der Waals surface area contributed by atoms with Gasteiger partial charge in [0.15, 0.2) is 0 Å². The van der Waals surface area contributed by atoms with Crippen LogP contribution in [0.15, 0.2) is 10.2 Å². The highest BCUT2D eigenvalue weighted by molar-refractivity contribution is 5.85. The molecule has 2 rings (SSSR count). The molecule has 3 nitrogen and oxygen atoms in total. The van der Waals surface area contributed by atoms with Crippen LogP contribution in [0.3, 0.4) is 0 Å². The maximum Gasteiger partial charge on any atom is 0.0406 e. The van der Waals surface area contributed by atoms with Gasteiger partial charge in [-0.3, -0.25) is 0 Å². The van der Waals surface area contributed by atoms with Crippen molar-refractivity contribution < 1.29 is 0 Å². The van der Waals surface area contributed by atoms with E-state index in [0.29, 0.717) is 11.3 Å². The van der Waals surface area contributed by atoms with Crippen LogP contribution in [-0.4, -0.2) is 25.0 Å². The van der Waals surface area contributed by atoms with Crippen LogP contribution < -0.4 is 5.32 Å². The van der Waals surface area contributed by atoms with Crippen LogP contribution in [0.4, 0.5) is 0 Å². The minimum Gasteiger partial charge on any atom is -0.316 e. The summed E-state index contributed by atoms with van der Waals surface area (Å²) in [4.78, 5) is 0. The third-order valence-electron chi connectivity index (χ3n) is 3.28. The third-order valence-corrected chi connectivity index (χ3v) is 3.28. The Kier molecular flexibility index (Phi) is 2.20. The molecule has 3 heteroatoms. The molecule has 72 valence electrons. The molecule has 1 aliphatic heterocycles. The second-order valence-electron chi connectivity index (χ2n) is 4.32. The van der Waals surface area contributed by atoms with E-state index >= 15 is 0 Å². The molecule has 0 atom stereocenters. The summed E-state index contributed by atoms with van der Waals surface area (Å²) in [7, 11) is 0. The van der Waals surface area contributed by atoms with Crippen LogP contribution in [0.1, 0.15) is 26.7 Å². The molecule has 0 aromatic carbocycles. The lowest BCUT2D eigenvalue weighted by atomic mass is 9.57. The van der Waals surface area contributed by atoms with Gasteiger partial charge < -0.3 is 5.32 Å². The van der Waals surface area contributed by atoms with Gasteiger partial charge in [-0.2, -0.15) is 10.2 Å². The predicted octanol–water partition coefficient (Wildman–Crippen LogP) is 1.45. The fraction of sp³-hybridized carbons (Fsp3) is 0.800. The maximum atomic E-state index is 4.15. The Labute approximate surface area is 79.3 Å². The van der Waals surface area contributed by atoms with Gasteiger partial charge in [0.1, 0.15) is 0 Å². The van der Waals surface area contributed by atoms with Crippen molar-refractivity contribution in [1.82, 2.24) is 5.32 Å². The summed E-state index contributed by atoms with van der Waals surface area (Å²) in [6.07, 6.45) is 4.37. The zero-order chi connectivity index (χ0) is 9.31. The van der Waals surface area contributed by atoms with E-state index in [-0.39, 0.29) is 0 Å². The van der Waals surface area contributed by atoms with Gasteiger partial charge >= 0.3 is 0 Å². The van der Waals surface area contributed by atoms with Crippen LogP contribution in [0, 0.1) is 11.3 Å². The molecule has 1 spiro atoms. The standard InChI is InChI=1S/C10H17N3/c1-3-12-13-8(2)9-4-10(5-9)6-11-7-10/h3,9,11H,4-7H2,1-2H3/b12-3-,13-8+. The molecule has 1 saturated carbocycles. The molecule has 0 amide bonds. The quantitative estimate of drug-likeness (QED) is 0.505. The summed E-state index contributed by atoms with van der Waals surface area (Å²) in [5.41, 5.74) is 1.85. The summed E-state index contributed by atoms with van der Waals surface area (Å²) < 4.78 is 0. The lowest BCUT2D eigenvalue weighted by molar-refractivity contribution is 0.0305. The van der Waals surface area contributed by atoms with Crippen molar-refractivity contribution in [3.05, 3.63) is 0 Å². The number of rotatable bonds is 2. The second-order valence-corrected chi connectivity index (χ2v) is 4.32. The third kappa shape index (κ3) is 1.53. The van der Waals surface area contributed by atoms with E-state index < -0.39 is 0 Å². The Bertz CT molecular complexity index is 243. The summed E-state index contributed by atoms with van der Waals surface area (Å²) in [6, 6.07) is 0. The molecule has 0 radical (unpaired) electrons. The van der Waals surface area contributed by atoms with Gasteiger partial charge in [0.2, 0.25) is 0 Å². The summed E-state index contributed by atoms with van der Waals surface area (Å²) in [5.74, 6) is 0.700. The van der Waals surface area contributed by atoms with E-state index in [0.717, 1.165) is 0 Å².